The SMILES string of the molecule is COc1ccc(CN2C(=O)CCC(n3c(=O)n(Cc4ccc(OC)cc4)c4ccc(N5CCNCC5)cc43)C2=O)cc1. The molecule has 2 fully saturated rings. The smallest absolute Gasteiger partial charge is 0.330 e. The number of amides is 2. The molecule has 4 aromatic rings. The Bertz CT molecular complexity index is 1650. The van der Waals surface area contributed by atoms with Crippen molar-refractivity contribution in [1.29, 1.82) is 0 Å². The maximum atomic E-state index is 14.2. The Morgan fingerprint density at radius 2 is 1.40 bits per heavy atom. The van der Waals surface area contributed by atoms with Crippen LogP contribution in [0.15, 0.2) is 71.5 Å². The highest BCUT2D eigenvalue weighted by atomic mass is 16.5. The second-order valence-corrected chi connectivity index (χ2v) is 10.7. The van der Waals surface area contributed by atoms with E-state index in [2.05, 4.69) is 10.2 Å². The molecule has 42 heavy (non-hydrogen) atoms. The topological polar surface area (TPSA) is 98.0 Å². The number of imide groups is 1. The lowest BCUT2D eigenvalue weighted by Gasteiger charge is -2.32. The number of methoxy groups -OCH3 is 2. The summed E-state index contributed by atoms with van der Waals surface area (Å²) in [6.07, 6.45) is 0.456. The van der Waals surface area contributed by atoms with Crippen molar-refractivity contribution < 1.29 is 19.1 Å². The van der Waals surface area contributed by atoms with Crippen LogP contribution in [0.1, 0.15) is 30.0 Å². The van der Waals surface area contributed by atoms with E-state index in [1.165, 1.54) is 4.90 Å². The molecule has 218 valence electrons. The molecular formula is C32H35N5O5. The Morgan fingerprint density at radius 1 is 0.786 bits per heavy atom. The van der Waals surface area contributed by atoms with Gasteiger partial charge in [-0.1, -0.05) is 24.3 Å². The van der Waals surface area contributed by atoms with Crippen molar-refractivity contribution >= 4 is 28.5 Å². The molecule has 1 atom stereocenters. The molecule has 3 heterocycles. The van der Waals surface area contributed by atoms with Crippen molar-refractivity contribution in [2.75, 3.05) is 45.3 Å². The number of piperidine rings is 1. The summed E-state index contributed by atoms with van der Waals surface area (Å²) in [6.45, 7) is 3.96. The fourth-order valence-electron chi connectivity index (χ4n) is 5.90. The number of nitrogens with zero attached hydrogens (tertiary/aromatic N) is 4. The number of hydrogen-bond donors (Lipinski definition) is 1. The largest absolute Gasteiger partial charge is 0.497 e. The van der Waals surface area contributed by atoms with E-state index in [4.69, 9.17) is 9.47 Å². The highest BCUT2D eigenvalue weighted by molar-refractivity contribution is 6.00. The van der Waals surface area contributed by atoms with Crippen molar-refractivity contribution in [3.05, 3.63) is 88.3 Å². The van der Waals surface area contributed by atoms with Crippen molar-refractivity contribution in [3.63, 3.8) is 0 Å². The molecule has 0 aliphatic carbocycles. The summed E-state index contributed by atoms with van der Waals surface area (Å²) in [5.74, 6) is 0.844. The molecule has 6 rings (SSSR count). The van der Waals surface area contributed by atoms with Gasteiger partial charge in [-0.25, -0.2) is 4.79 Å². The first kappa shape index (κ1) is 27.6. The van der Waals surface area contributed by atoms with Gasteiger partial charge < -0.3 is 19.7 Å². The number of ether oxygens (including phenoxy) is 2. The Balaban J connectivity index is 1.40. The highest BCUT2D eigenvalue weighted by Crippen LogP contribution is 2.31. The van der Waals surface area contributed by atoms with Crippen LogP contribution in [0.3, 0.4) is 0 Å². The number of carbonyl (C=O) groups excluding carboxylic acids is 2. The molecule has 0 bridgehead atoms. The van der Waals surface area contributed by atoms with Crippen LogP contribution in [0.4, 0.5) is 5.69 Å². The monoisotopic (exact) mass is 569 g/mol. The van der Waals surface area contributed by atoms with E-state index in [1.807, 2.05) is 54.6 Å². The Hall–Kier alpha value is -4.57. The summed E-state index contributed by atoms with van der Waals surface area (Å²) >= 11 is 0. The van der Waals surface area contributed by atoms with E-state index in [1.54, 1.807) is 35.5 Å². The van der Waals surface area contributed by atoms with Crippen molar-refractivity contribution in [1.82, 2.24) is 19.4 Å². The van der Waals surface area contributed by atoms with Crippen LogP contribution in [0.25, 0.3) is 11.0 Å². The minimum atomic E-state index is -0.786. The molecule has 3 aromatic carbocycles. The number of likely N-dealkylation sites (tertiary alicyclic amines) is 1. The maximum absolute atomic E-state index is 14.2. The lowest BCUT2D eigenvalue weighted by Crippen LogP contribution is -2.47. The van der Waals surface area contributed by atoms with Gasteiger partial charge in [-0.3, -0.25) is 23.6 Å². The van der Waals surface area contributed by atoms with E-state index < -0.39 is 6.04 Å². The number of hydrogen-bond acceptors (Lipinski definition) is 7. The molecule has 0 spiro atoms. The van der Waals surface area contributed by atoms with Crippen LogP contribution >= 0.6 is 0 Å². The molecule has 10 heteroatoms. The van der Waals surface area contributed by atoms with Crippen molar-refractivity contribution in [2.45, 2.75) is 32.0 Å². The van der Waals surface area contributed by atoms with Crippen LogP contribution in [-0.2, 0) is 22.7 Å². The third-order valence-electron chi connectivity index (χ3n) is 8.22. The molecular weight excluding hydrogens is 534 g/mol. The maximum Gasteiger partial charge on any atom is 0.330 e. The van der Waals surface area contributed by atoms with Gasteiger partial charge >= 0.3 is 5.69 Å². The molecule has 1 unspecified atom stereocenters. The quantitative estimate of drug-likeness (QED) is 0.326. The number of rotatable bonds is 8. The van der Waals surface area contributed by atoms with Crippen molar-refractivity contribution in [2.24, 2.45) is 0 Å². The van der Waals surface area contributed by atoms with Crippen LogP contribution in [0, 0.1) is 0 Å². The third kappa shape index (κ3) is 5.25. The molecule has 2 aliphatic rings. The van der Waals surface area contributed by atoms with Gasteiger partial charge in [0.1, 0.15) is 17.5 Å². The minimum absolute atomic E-state index is 0.142. The van der Waals surface area contributed by atoms with Gasteiger partial charge in [0.2, 0.25) is 5.91 Å². The average molecular weight is 570 g/mol. The number of carbonyl (C=O) groups is 2. The van der Waals surface area contributed by atoms with Gasteiger partial charge in [0.25, 0.3) is 5.91 Å². The molecule has 0 saturated carbocycles. The molecule has 2 saturated heterocycles. The standard InChI is InChI=1S/C32H35N5O5/c1-41-25-8-3-22(4-9-25)20-35-27-12-7-24(34-17-15-33-16-18-34)19-29(27)37(32(35)40)28-13-14-30(38)36(31(28)39)21-23-5-10-26(42-2)11-6-23/h3-12,19,28,33H,13-18,20-21H2,1-2H3. The van der Waals surface area contributed by atoms with Gasteiger partial charge in [0, 0.05) is 38.3 Å². The first-order valence-electron chi connectivity index (χ1n) is 14.3. The first-order chi connectivity index (χ1) is 20.5. The van der Waals surface area contributed by atoms with Crippen LogP contribution in [-0.4, -0.2) is 66.2 Å². The van der Waals surface area contributed by atoms with Crippen LogP contribution < -0.4 is 25.4 Å². The van der Waals surface area contributed by atoms with E-state index in [0.29, 0.717) is 17.8 Å². The molecule has 1 N–H and O–H groups in total. The highest BCUT2D eigenvalue weighted by Gasteiger charge is 2.37. The van der Waals surface area contributed by atoms with Gasteiger partial charge in [-0.2, -0.15) is 0 Å². The second-order valence-electron chi connectivity index (χ2n) is 10.7. The molecule has 2 amide bonds. The lowest BCUT2D eigenvalue weighted by atomic mass is 10.0. The zero-order chi connectivity index (χ0) is 29.2. The first-order valence-corrected chi connectivity index (χ1v) is 14.3. The van der Waals surface area contributed by atoms with Crippen LogP contribution in [0.5, 0.6) is 11.5 Å². The summed E-state index contributed by atoms with van der Waals surface area (Å²) in [7, 11) is 3.21. The number of anilines is 1. The number of nitrogens with one attached hydrogen (secondary N) is 1. The van der Waals surface area contributed by atoms with Gasteiger partial charge in [0.05, 0.1) is 38.3 Å². The summed E-state index contributed by atoms with van der Waals surface area (Å²) in [6, 6.07) is 20.2. The van der Waals surface area contributed by atoms with Gasteiger partial charge in [0.15, 0.2) is 0 Å². The number of aromatic nitrogens is 2. The van der Waals surface area contributed by atoms with Gasteiger partial charge in [-0.05, 0) is 60.0 Å². The van der Waals surface area contributed by atoms with E-state index in [9.17, 15) is 14.4 Å². The second kappa shape index (κ2) is 11.7. The normalized spacial score (nSPS) is 17.6. The predicted molar refractivity (Wildman–Crippen MR) is 160 cm³/mol. The molecule has 1 aromatic heterocycles. The average Bonchev–Trinajstić information content (AvgIpc) is 3.30. The Morgan fingerprint density at radius 3 is 2.02 bits per heavy atom. The summed E-state index contributed by atoms with van der Waals surface area (Å²) in [4.78, 5) is 44.7. The third-order valence-corrected chi connectivity index (χ3v) is 8.22. The van der Waals surface area contributed by atoms with E-state index in [0.717, 1.165) is 54.3 Å². The van der Waals surface area contributed by atoms with Crippen LogP contribution in [0.2, 0.25) is 0 Å². The summed E-state index contributed by atoms with van der Waals surface area (Å²) in [5.41, 5.74) is 3.94. The zero-order valence-electron chi connectivity index (χ0n) is 23.9. The Kier molecular flexibility index (Phi) is 7.71. The number of imidazole rings is 1. The number of fused-ring (bicyclic) bond motifs is 1. The van der Waals surface area contributed by atoms with Gasteiger partial charge in [-0.15, -0.1) is 0 Å². The molecule has 0 radical (unpaired) electrons. The predicted octanol–water partition coefficient (Wildman–Crippen LogP) is 3.17. The molecule has 2 aliphatic heterocycles. The fourth-order valence-corrected chi connectivity index (χ4v) is 5.90. The Labute approximate surface area is 244 Å². The minimum Gasteiger partial charge on any atom is -0.497 e. The van der Waals surface area contributed by atoms with E-state index >= 15 is 0 Å². The van der Waals surface area contributed by atoms with Crippen molar-refractivity contribution in [3.8, 4) is 11.5 Å². The fraction of sp³-hybridized carbons (Fsp3) is 0.344. The summed E-state index contributed by atoms with van der Waals surface area (Å²) < 4.78 is 13.9. The number of piperazine rings is 1. The summed E-state index contributed by atoms with van der Waals surface area (Å²) in [5, 5.41) is 3.38. The lowest BCUT2D eigenvalue weighted by molar-refractivity contribution is -0.151. The number of benzene rings is 3. The zero-order valence-corrected chi connectivity index (χ0v) is 23.9. The molecule has 10 nitrogen and oxygen atoms in total. The van der Waals surface area contributed by atoms with E-state index in [-0.39, 0.29) is 36.9 Å².